The monoisotopic (exact) mass is 458 g/mol. The van der Waals surface area contributed by atoms with Gasteiger partial charge in [-0.1, -0.05) is 24.6 Å². The van der Waals surface area contributed by atoms with Gasteiger partial charge in [-0.2, -0.15) is 0 Å². The van der Waals surface area contributed by atoms with Crippen molar-refractivity contribution in [2.45, 2.75) is 63.3 Å². The third kappa shape index (κ3) is 4.15. The molecule has 4 aliphatic rings. The quantitative estimate of drug-likeness (QED) is 0.554. The van der Waals surface area contributed by atoms with E-state index in [0.717, 1.165) is 55.1 Å². The molecule has 1 amide bonds. The fraction of sp³-hybridized carbons (Fsp3) is 0.567. The Morgan fingerprint density at radius 1 is 0.853 bits per heavy atom. The number of nitrogens with zero attached hydrogens (tertiary/aromatic N) is 2. The van der Waals surface area contributed by atoms with E-state index in [1.807, 2.05) is 17.0 Å². The summed E-state index contributed by atoms with van der Waals surface area (Å²) in [6, 6.07) is 15.7. The Labute approximate surface area is 204 Å². The van der Waals surface area contributed by atoms with Crippen molar-refractivity contribution in [1.82, 2.24) is 9.80 Å². The minimum atomic E-state index is 0.168. The lowest BCUT2D eigenvalue weighted by atomic mass is 9.85. The third-order valence-corrected chi connectivity index (χ3v) is 9.23. The van der Waals surface area contributed by atoms with Crippen molar-refractivity contribution in [2.75, 3.05) is 33.3 Å². The first kappa shape index (κ1) is 22.2. The Balaban J connectivity index is 1.16. The molecule has 2 aromatic rings. The summed E-state index contributed by atoms with van der Waals surface area (Å²) in [6.45, 7) is 4.23. The first-order valence-electron chi connectivity index (χ1n) is 13.5. The van der Waals surface area contributed by atoms with E-state index in [1.165, 1.54) is 68.3 Å². The number of rotatable bonds is 5. The molecule has 0 aromatic heterocycles. The summed E-state index contributed by atoms with van der Waals surface area (Å²) in [4.78, 5) is 17.5. The molecule has 2 aliphatic heterocycles. The van der Waals surface area contributed by atoms with Crippen molar-refractivity contribution in [1.29, 1.82) is 0 Å². The lowest BCUT2D eigenvalue weighted by Crippen LogP contribution is -2.43. The smallest absolute Gasteiger partial charge is 0.253 e. The molecule has 0 N–H and O–H groups in total. The molecule has 6 rings (SSSR count). The van der Waals surface area contributed by atoms with Crippen LogP contribution in [0, 0.1) is 11.8 Å². The average molecular weight is 459 g/mol. The summed E-state index contributed by atoms with van der Waals surface area (Å²) in [6.07, 6.45) is 10.6. The first-order valence-corrected chi connectivity index (χ1v) is 13.5. The number of hydrogen-bond donors (Lipinski definition) is 0. The number of piperidine rings is 1. The normalized spacial score (nSPS) is 27.4. The predicted octanol–water partition coefficient (Wildman–Crippen LogP) is 5.97. The fourth-order valence-electron chi connectivity index (χ4n) is 7.34. The van der Waals surface area contributed by atoms with E-state index in [4.69, 9.17) is 4.74 Å². The number of amides is 1. The fourth-order valence-corrected chi connectivity index (χ4v) is 7.34. The molecule has 2 unspecified atom stereocenters. The summed E-state index contributed by atoms with van der Waals surface area (Å²) < 4.78 is 5.80. The van der Waals surface area contributed by atoms with Crippen LogP contribution < -0.4 is 4.74 Å². The van der Waals surface area contributed by atoms with Crippen LogP contribution in [-0.4, -0.2) is 55.0 Å². The van der Waals surface area contributed by atoms with Crippen LogP contribution in [0.25, 0.3) is 11.1 Å². The molecule has 2 heterocycles. The molecule has 2 bridgehead atoms. The summed E-state index contributed by atoms with van der Waals surface area (Å²) in [5.74, 6) is 3.73. The molecule has 180 valence electrons. The number of carbonyl (C=O) groups is 1. The largest absolute Gasteiger partial charge is 0.496 e. The maximum atomic E-state index is 12.7. The lowest BCUT2D eigenvalue weighted by molar-refractivity contribution is 0.0793. The minimum absolute atomic E-state index is 0.168. The van der Waals surface area contributed by atoms with Gasteiger partial charge in [0.25, 0.3) is 5.91 Å². The van der Waals surface area contributed by atoms with E-state index in [-0.39, 0.29) is 5.91 Å². The van der Waals surface area contributed by atoms with Gasteiger partial charge in [0.15, 0.2) is 0 Å². The molecule has 0 radical (unpaired) electrons. The SMILES string of the molecule is COc1ccc(-c2ccc(C(=O)N3CCCC3)cc2)cc1C1CCN([C@H]2CC3CCC2C3)CC1. The second-order valence-corrected chi connectivity index (χ2v) is 11.1. The Bertz CT molecular complexity index is 1020. The highest BCUT2D eigenvalue weighted by atomic mass is 16.5. The van der Waals surface area contributed by atoms with Gasteiger partial charge in [0.05, 0.1) is 7.11 Å². The molecule has 2 saturated heterocycles. The minimum Gasteiger partial charge on any atom is -0.496 e. The lowest BCUT2D eigenvalue weighted by Gasteiger charge is -2.40. The van der Waals surface area contributed by atoms with Gasteiger partial charge >= 0.3 is 0 Å². The molecule has 4 heteroatoms. The number of hydrogen-bond acceptors (Lipinski definition) is 3. The van der Waals surface area contributed by atoms with Gasteiger partial charge in [0.1, 0.15) is 5.75 Å². The van der Waals surface area contributed by atoms with E-state index in [2.05, 4.69) is 35.2 Å². The maximum Gasteiger partial charge on any atom is 0.253 e. The summed E-state index contributed by atoms with van der Waals surface area (Å²) in [5.41, 5.74) is 4.53. The van der Waals surface area contributed by atoms with E-state index in [1.54, 1.807) is 7.11 Å². The van der Waals surface area contributed by atoms with Crippen molar-refractivity contribution >= 4 is 5.91 Å². The zero-order valence-corrected chi connectivity index (χ0v) is 20.5. The third-order valence-electron chi connectivity index (χ3n) is 9.23. The summed E-state index contributed by atoms with van der Waals surface area (Å²) in [5, 5.41) is 0. The second-order valence-electron chi connectivity index (χ2n) is 11.1. The van der Waals surface area contributed by atoms with Crippen LogP contribution >= 0.6 is 0 Å². The van der Waals surface area contributed by atoms with E-state index < -0.39 is 0 Å². The van der Waals surface area contributed by atoms with Gasteiger partial charge in [0.2, 0.25) is 0 Å². The molecule has 2 aliphatic carbocycles. The number of methoxy groups -OCH3 is 1. The maximum absolute atomic E-state index is 12.7. The van der Waals surface area contributed by atoms with Crippen LogP contribution in [0.2, 0.25) is 0 Å². The van der Waals surface area contributed by atoms with Gasteiger partial charge in [-0.15, -0.1) is 0 Å². The number of fused-ring (bicyclic) bond motifs is 2. The van der Waals surface area contributed by atoms with Crippen LogP contribution in [0.3, 0.4) is 0 Å². The molecule has 2 saturated carbocycles. The Morgan fingerprint density at radius 3 is 2.24 bits per heavy atom. The molecule has 0 spiro atoms. The standard InChI is InChI=1S/C30H38N2O2/c1-34-29-11-10-25(22-6-8-24(9-7-22)30(33)32-14-2-3-15-32)20-27(29)23-12-16-31(17-13-23)28-19-21-4-5-26(28)18-21/h6-11,20-21,23,26,28H,2-5,12-19H2,1H3/t21?,26?,28-/m0/s1. The van der Waals surface area contributed by atoms with E-state index in [9.17, 15) is 4.79 Å². The first-order chi connectivity index (χ1) is 16.7. The zero-order chi connectivity index (χ0) is 23.1. The van der Waals surface area contributed by atoms with Crippen molar-refractivity contribution < 1.29 is 9.53 Å². The predicted molar refractivity (Wildman–Crippen MR) is 136 cm³/mol. The van der Waals surface area contributed by atoms with Crippen molar-refractivity contribution in [3.05, 3.63) is 53.6 Å². The topological polar surface area (TPSA) is 32.8 Å². The highest BCUT2D eigenvalue weighted by Gasteiger charge is 2.43. The van der Waals surface area contributed by atoms with Crippen molar-refractivity contribution in [3.63, 3.8) is 0 Å². The van der Waals surface area contributed by atoms with Gasteiger partial charge in [-0.25, -0.2) is 0 Å². The van der Waals surface area contributed by atoms with Crippen LogP contribution in [-0.2, 0) is 0 Å². The van der Waals surface area contributed by atoms with Gasteiger partial charge < -0.3 is 14.5 Å². The van der Waals surface area contributed by atoms with Crippen LogP contribution in [0.4, 0.5) is 0 Å². The van der Waals surface area contributed by atoms with Gasteiger partial charge in [-0.05, 0) is 117 Å². The molecule has 2 aromatic carbocycles. The molecular formula is C30H38N2O2. The highest BCUT2D eigenvalue weighted by Crippen LogP contribution is 2.48. The van der Waals surface area contributed by atoms with Gasteiger partial charge in [0, 0.05) is 24.7 Å². The number of carbonyl (C=O) groups excluding carboxylic acids is 1. The Hall–Kier alpha value is -2.33. The summed E-state index contributed by atoms with van der Waals surface area (Å²) >= 11 is 0. The van der Waals surface area contributed by atoms with E-state index >= 15 is 0 Å². The van der Waals surface area contributed by atoms with Gasteiger partial charge in [-0.3, -0.25) is 4.79 Å². The van der Waals surface area contributed by atoms with Crippen LogP contribution in [0.1, 0.15) is 73.2 Å². The number of ether oxygens (including phenoxy) is 1. The molecular weight excluding hydrogens is 420 g/mol. The second kappa shape index (κ2) is 9.37. The molecule has 34 heavy (non-hydrogen) atoms. The summed E-state index contributed by atoms with van der Waals surface area (Å²) in [7, 11) is 1.79. The van der Waals surface area contributed by atoms with Crippen LogP contribution in [0.5, 0.6) is 5.75 Å². The molecule has 3 atom stereocenters. The van der Waals surface area contributed by atoms with Crippen LogP contribution in [0.15, 0.2) is 42.5 Å². The zero-order valence-electron chi connectivity index (χ0n) is 20.5. The highest BCUT2D eigenvalue weighted by molar-refractivity contribution is 5.94. The number of likely N-dealkylation sites (tertiary alicyclic amines) is 2. The van der Waals surface area contributed by atoms with E-state index in [0.29, 0.717) is 5.92 Å². The number of benzene rings is 2. The average Bonchev–Trinajstić information content (AvgIpc) is 3.67. The Kier molecular flexibility index (Phi) is 6.11. The Morgan fingerprint density at radius 2 is 1.59 bits per heavy atom. The van der Waals surface area contributed by atoms with Crippen molar-refractivity contribution in [3.8, 4) is 16.9 Å². The molecule has 4 nitrogen and oxygen atoms in total. The molecule has 4 fully saturated rings. The van der Waals surface area contributed by atoms with Crippen molar-refractivity contribution in [2.24, 2.45) is 11.8 Å².